The lowest BCUT2D eigenvalue weighted by molar-refractivity contribution is 0.417. The van der Waals surface area contributed by atoms with E-state index in [1.165, 1.54) is 11.9 Å². The molecule has 1 aromatic heterocycles. The Morgan fingerprint density at radius 3 is 2.60 bits per heavy atom. The number of nitrogens with one attached hydrogen (secondary N) is 2. The minimum atomic E-state index is 0.624. The number of hydrogen-bond acceptors (Lipinski definition) is 5. The van der Waals surface area contributed by atoms with Crippen LogP contribution in [0.2, 0.25) is 5.02 Å². The highest BCUT2D eigenvalue weighted by molar-refractivity contribution is 6.31. The van der Waals surface area contributed by atoms with Gasteiger partial charge in [-0.15, -0.1) is 0 Å². The Balaban J connectivity index is 1.64. The van der Waals surface area contributed by atoms with Crippen LogP contribution in [0, 0.1) is 0 Å². The van der Waals surface area contributed by atoms with Gasteiger partial charge in [0.1, 0.15) is 23.7 Å². The zero-order chi connectivity index (χ0) is 17.5. The van der Waals surface area contributed by atoms with Crippen molar-refractivity contribution in [2.75, 3.05) is 24.3 Å². The van der Waals surface area contributed by atoms with E-state index in [9.17, 15) is 0 Å². The fourth-order valence-electron chi connectivity index (χ4n) is 2.42. The number of aromatic nitrogens is 2. The lowest BCUT2D eigenvalue weighted by Crippen LogP contribution is -2.07. The van der Waals surface area contributed by atoms with Crippen LogP contribution in [0.4, 0.5) is 17.3 Å². The van der Waals surface area contributed by atoms with Crippen LogP contribution in [-0.2, 0) is 6.42 Å². The summed E-state index contributed by atoms with van der Waals surface area (Å²) in [4.78, 5) is 8.50. The first-order chi connectivity index (χ1) is 12.2. The molecule has 3 aromatic rings. The predicted octanol–water partition coefficient (Wildman–Crippen LogP) is 4.54. The SMILES string of the molecule is COc1ccc(Cl)cc1Nc1cc(NCCc2ccccc2)ncn1. The van der Waals surface area contributed by atoms with Crippen molar-refractivity contribution in [3.8, 4) is 5.75 Å². The monoisotopic (exact) mass is 354 g/mol. The van der Waals surface area contributed by atoms with Gasteiger partial charge in [-0.05, 0) is 30.2 Å². The average Bonchev–Trinajstić information content (AvgIpc) is 2.63. The Hall–Kier alpha value is -2.79. The number of halogens is 1. The molecule has 0 aliphatic heterocycles. The van der Waals surface area contributed by atoms with Crippen LogP contribution in [0.5, 0.6) is 5.75 Å². The number of anilines is 3. The van der Waals surface area contributed by atoms with Gasteiger partial charge in [-0.1, -0.05) is 41.9 Å². The fourth-order valence-corrected chi connectivity index (χ4v) is 2.59. The highest BCUT2D eigenvalue weighted by Gasteiger charge is 2.06. The van der Waals surface area contributed by atoms with Crippen LogP contribution in [0.25, 0.3) is 0 Å². The standard InChI is InChI=1S/C19H19ClN4O/c1-25-17-8-7-15(20)11-16(17)24-19-12-18(22-13-23-19)21-10-9-14-5-3-2-4-6-14/h2-8,11-13H,9-10H2,1H3,(H2,21,22,23,24). The fraction of sp³-hybridized carbons (Fsp3) is 0.158. The first-order valence-corrected chi connectivity index (χ1v) is 8.33. The molecule has 3 rings (SSSR count). The third kappa shape index (κ3) is 4.84. The van der Waals surface area contributed by atoms with Crippen molar-refractivity contribution in [1.29, 1.82) is 0 Å². The Kier molecular flexibility index (Phi) is 5.69. The molecule has 0 saturated carbocycles. The first kappa shape index (κ1) is 17.0. The Labute approximate surface area is 152 Å². The number of hydrogen-bond donors (Lipinski definition) is 2. The number of benzene rings is 2. The molecular weight excluding hydrogens is 336 g/mol. The third-order valence-electron chi connectivity index (χ3n) is 3.65. The maximum Gasteiger partial charge on any atom is 0.142 e. The molecule has 0 saturated heterocycles. The lowest BCUT2D eigenvalue weighted by atomic mass is 10.1. The molecule has 0 bridgehead atoms. The summed E-state index contributed by atoms with van der Waals surface area (Å²) >= 11 is 6.06. The van der Waals surface area contributed by atoms with Gasteiger partial charge in [0.25, 0.3) is 0 Å². The quantitative estimate of drug-likeness (QED) is 0.652. The summed E-state index contributed by atoms with van der Waals surface area (Å²) in [6.45, 7) is 0.793. The minimum Gasteiger partial charge on any atom is -0.495 e. The molecular formula is C19H19ClN4O. The Bertz CT molecular complexity index is 827. The van der Waals surface area contributed by atoms with Crippen LogP contribution < -0.4 is 15.4 Å². The summed E-state index contributed by atoms with van der Waals surface area (Å²) in [5, 5.41) is 7.15. The van der Waals surface area contributed by atoms with E-state index in [0.717, 1.165) is 24.5 Å². The molecule has 6 heteroatoms. The van der Waals surface area contributed by atoms with Gasteiger partial charge in [0.05, 0.1) is 12.8 Å². The summed E-state index contributed by atoms with van der Waals surface area (Å²) in [5.74, 6) is 2.12. The smallest absolute Gasteiger partial charge is 0.142 e. The molecule has 2 N–H and O–H groups in total. The molecule has 2 aromatic carbocycles. The summed E-state index contributed by atoms with van der Waals surface area (Å²) in [6, 6.07) is 17.6. The van der Waals surface area contributed by atoms with E-state index in [2.05, 4.69) is 32.7 Å². The molecule has 5 nitrogen and oxygen atoms in total. The van der Waals surface area contributed by atoms with E-state index in [4.69, 9.17) is 16.3 Å². The van der Waals surface area contributed by atoms with E-state index in [-0.39, 0.29) is 0 Å². The summed E-state index contributed by atoms with van der Waals surface area (Å²) in [5.41, 5.74) is 2.04. The zero-order valence-corrected chi connectivity index (χ0v) is 14.6. The van der Waals surface area contributed by atoms with Gasteiger partial charge in [-0.3, -0.25) is 0 Å². The van der Waals surface area contributed by atoms with Crippen molar-refractivity contribution in [3.05, 3.63) is 71.5 Å². The van der Waals surface area contributed by atoms with Crippen LogP contribution in [0.3, 0.4) is 0 Å². The van der Waals surface area contributed by atoms with Gasteiger partial charge in [0.15, 0.2) is 0 Å². The van der Waals surface area contributed by atoms with Crippen molar-refractivity contribution in [2.24, 2.45) is 0 Å². The van der Waals surface area contributed by atoms with Gasteiger partial charge in [-0.25, -0.2) is 9.97 Å². The Morgan fingerprint density at radius 2 is 1.80 bits per heavy atom. The van der Waals surface area contributed by atoms with E-state index in [1.54, 1.807) is 19.2 Å². The predicted molar refractivity (Wildman–Crippen MR) is 102 cm³/mol. The van der Waals surface area contributed by atoms with E-state index in [0.29, 0.717) is 16.6 Å². The summed E-state index contributed by atoms with van der Waals surface area (Å²) < 4.78 is 5.34. The second-order valence-electron chi connectivity index (χ2n) is 5.42. The third-order valence-corrected chi connectivity index (χ3v) is 3.89. The number of ether oxygens (including phenoxy) is 1. The molecule has 0 aliphatic carbocycles. The summed E-state index contributed by atoms with van der Waals surface area (Å²) in [7, 11) is 1.62. The minimum absolute atomic E-state index is 0.624. The highest BCUT2D eigenvalue weighted by Crippen LogP contribution is 2.30. The molecule has 0 spiro atoms. The molecule has 1 heterocycles. The molecule has 0 unspecified atom stereocenters. The average molecular weight is 355 g/mol. The lowest BCUT2D eigenvalue weighted by Gasteiger charge is -2.12. The maximum absolute atomic E-state index is 6.06. The molecule has 128 valence electrons. The largest absolute Gasteiger partial charge is 0.495 e. The highest BCUT2D eigenvalue weighted by atomic mass is 35.5. The van der Waals surface area contributed by atoms with Crippen LogP contribution in [-0.4, -0.2) is 23.6 Å². The molecule has 0 radical (unpaired) electrons. The van der Waals surface area contributed by atoms with Gasteiger partial charge in [-0.2, -0.15) is 0 Å². The van der Waals surface area contributed by atoms with Crippen LogP contribution >= 0.6 is 11.6 Å². The normalized spacial score (nSPS) is 10.3. The van der Waals surface area contributed by atoms with Crippen LogP contribution in [0.1, 0.15) is 5.56 Å². The molecule has 0 aliphatic rings. The van der Waals surface area contributed by atoms with Crippen molar-refractivity contribution < 1.29 is 4.74 Å². The van der Waals surface area contributed by atoms with Crippen molar-refractivity contribution in [2.45, 2.75) is 6.42 Å². The van der Waals surface area contributed by atoms with Gasteiger partial charge >= 0.3 is 0 Å². The second-order valence-corrected chi connectivity index (χ2v) is 5.86. The first-order valence-electron chi connectivity index (χ1n) is 7.95. The molecule has 0 amide bonds. The Morgan fingerprint density at radius 1 is 1.00 bits per heavy atom. The number of rotatable bonds is 7. The van der Waals surface area contributed by atoms with E-state index in [1.807, 2.05) is 30.3 Å². The van der Waals surface area contributed by atoms with Crippen LogP contribution in [0.15, 0.2) is 60.9 Å². The summed E-state index contributed by atoms with van der Waals surface area (Å²) in [6.07, 6.45) is 2.44. The number of methoxy groups -OCH3 is 1. The molecule has 0 atom stereocenters. The topological polar surface area (TPSA) is 59.1 Å². The van der Waals surface area contributed by atoms with Gasteiger partial charge < -0.3 is 15.4 Å². The van der Waals surface area contributed by atoms with Crippen molar-refractivity contribution in [3.63, 3.8) is 0 Å². The molecule has 25 heavy (non-hydrogen) atoms. The number of nitrogens with zero attached hydrogens (tertiary/aromatic N) is 2. The molecule has 0 fully saturated rings. The zero-order valence-electron chi connectivity index (χ0n) is 13.9. The van der Waals surface area contributed by atoms with E-state index < -0.39 is 0 Å². The van der Waals surface area contributed by atoms with Crippen molar-refractivity contribution >= 4 is 28.9 Å². The van der Waals surface area contributed by atoms with Gasteiger partial charge in [0, 0.05) is 17.6 Å². The maximum atomic E-state index is 6.06. The van der Waals surface area contributed by atoms with E-state index >= 15 is 0 Å². The van der Waals surface area contributed by atoms with Crippen molar-refractivity contribution in [1.82, 2.24) is 9.97 Å². The second kappa shape index (κ2) is 8.35. The van der Waals surface area contributed by atoms with Gasteiger partial charge in [0.2, 0.25) is 0 Å².